The molecule has 1 N–H and O–H groups in total. The van der Waals surface area contributed by atoms with Crippen molar-refractivity contribution in [3.05, 3.63) is 64.7 Å². The molecule has 0 spiro atoms. The van der Waals surface area contributed by atoms with Gasteiger partial charge in [0.05, 0.1) is 6.04 Å². The standard InChI is InChI=1S/C22H29NO2/c1-6-20(19-10-8-7-9-17(19)5)23-22(24)14-25-21-13-16(4)11-12-18(21)15(2)3/h7-13,15,20H,6,14H2,1-5H3,(H,23,24)/t20-/m1/s1. The summed E-state index contributed by atoms with van der Waals surface area (Å²) in [5, 5.41) is 3.09. The summed E-state index contributed by atoms with van der Waals surface area (Å²) in [6, 6.07) is 14.3. The van der Waals surface area contributed by atoms with Crippen LogP contribution in [0.5, 0.6) is 5.75 Å². The first-order valence-electron chi connectivity index (χ1n) is 9.00. The largest absolute Gasteiger partial charge is 0.483 e. The van der Waals surface area contributed by atoms with E-state index in [0.29, 0.717) is 5.92 Å². The lowest BCUT2D eigenvalue weighted by Gasteiger charge is -2.20. The Hall–Kier alpha value is -2.29. The zero-order valence-electron chi connectivity index (χ0n) is 15.9. The molecule has 25 heavy (non-hydrogen) atoms. The Bertz CT molecular complexity index is 722. The van der Waals surface area contributed by atoms with Gasteiger partial charge in [-0.05, 0) is 54.5 Å². The lowest BCUT2D eigenvalue weighted by atomic mass is 9.99. The number of amides is 1. The van der Waals surface area contributed by atoms with Crippen LogP contribution in [0.25, 0.3) is 0 Å². The van der Waals surface area contributed by atoms with E-state index in [-0.39, 0.29) is 18.6 Å². The van der Waals surface area contributed by atoms with Crippen LogP contribution in [-0.4, -0.2) is 12.5 Å². The van der Waals surface area contributed by atoms with Gasteiger partial charge in [0.25, 0.3) is 5.91 Å². The number of aryl methyl sites for hydroxylation is 2. The van der Waals surface area contributed by atoms with Gasteiger partial charge in [-0.1, -0.05) is 57.2 Å². The second kappa shape index (κ2) is 8.70. The van der Waals surface area contributed by atoms with Crippen molar-refractivity contribution in [1.29, 1.82) is 0 Å². The molecule has 0 aromatic heterocycles. The van der Waals surface area contributed by atoms with Gasteiger partial charge in [-0.3, -0.25) is 4.79 Å². The number of benzene rings is 2. The predicted octanol–water partition coefficient (Wildman–Crippen LogP) is 5.07. The van der Waals surface area contributed by atoms with Crippen LogP contribution in [0.3, 0.4) is 0 Å². The van der Waals surface area contributed by atoms with Crippen molar-refractivity contribution in [2.75, 3.05) is 6.61 Å². The molecule has 1 atom stereocenters. The van der Waals surface area contributed by atoms with Crippen molar-refractivity contribution in [2.45, 2.75) is 53.0 Å². The third kappa shape index (κ3) is 5.09. The molecule has 0 aliphatic rings. The van der Waals surface area contributed by atoms with E-state index in [2.05, 4.69) is 57.3 Å². The number of carbonyl (C=O) groups is 1. The molecule has 0 unspecified atom stereocenters. The molecule has 0 aliphatic carbocycles. The minimum Gasteiger partial charge on any atom is -0.483 e. The summed E-state index contributed by atoms with van der Waals surface area (Å²) < 4.78 is 5.84. The summed E-state index contributed by atoms with van der Waals surface area (Å²) >= 11 is 0. The minimum atomic E-state index is -0.0914. The number of carbonyl (C=O) groups excluding carboxylic acids is 1. The Balaban J connectivity index is 2.03. The van der Waals surface area contributed by atoms with E-state index < -0.39 is 0 Å². The SMILES string of the molecule is CC[C@@H](NC(=O)COc1cc(C)ccc1C(C)C)c1ccccc1C. The van der Waals surface area contributed by atoms with E-state index in [9.17, 15) is 4.79 Å². The maximum absolute atomic E-state index is 12.4. The van der Waals surface area contributed by atoms with Crippen molar-refractivity contribution < 1.29 is 9.53 Å². The van der Waals surface area contributed by atoms with Crippen LogP contribution in [0, 0.1) is 13.8 Å². The summed E-state index contributed by atoms with van der Waals surface area (Å²) in [6.45, 7) is 10.5. The Kier molecular flexibility index (Phi) is 6.63. The molecule has 1 amide bonds. The fourth-order valence-electron chi connectivity index (χ4n) is 3.00. The fraction of sp³-hybridized carbons (Fsp3) is 0.409. The lowest BCUT2D eigenvalue weighted by Crippen LogP contribution is -2.32. The zero-order chi connectivity index (χ0) is 18.4. The van der Waals surface area contributed by atoms with Crippen LogP contribution in [-0.2, 0) is 4.79 Å². The molecule has 3 heteroatoms. The van der Waals surface area contributed by atoms with Crippen LogP contribution in [0.15, 0.2) is 42.5 Å². The lowest BCUT2D eigenvalue weighted by molar-refractivity contribution is -0.123. The molecule has 2 aromatic rings. The summed E-state index contributed by atoms with van der Waals surface area (Å²) in [4.78, 5) is 12.4. The smallest absolute Gasteiger partial charge is 0.258 e. The third-order valence-corrected chi connectivity index (χ3v) is 4.46. The number of hydrogen-bond acceptors (Lipinski definition) is 2. The average Bonchev–Trinajstić information content (AvgIpc) is 2.58. The third-order valence-electron chi connectivity index (χ3n) is 4.46. The summed E-state index contributed by atoms with van der Waals surface area (Å²) in [5.74, 6) is 1.06. The topological polar surface area (TPSA) is 38.3 Å². The molecular formula is C22H29NO2. The molecule has 0 saturated carbocycles. The van der Waals surface area contributed by atoms with E-state index in [1.54, 1.807) is 0 Å². The highest BCUT2D eigenvalue weighted by Crippen LogP contribution is 2.27. The van der Waals surface area contributed by atoms with Crippen LogP contribution < -0.4 is 10.1 Å². The second-order valence-electron chi connectivity index (χ2n) is 6.87. The maximum Gasteiger partial charge on any atom is 0.258 e. The molecule has 0 saturated heterocycles. The van der Waals surface area contributed by atoms with Crippen molar-refractivity contribution in [1.82, 2.24) is 5.32 Å². The molecule has 0 bridgehead atoms. The number of hydrogen-bond donors (Lipinski definition) is 1. The van der Waals surface area contributed by atoms with E-state index in [0.717, 1.165) is 28.9 Å². The van der Waals surface area contributed by atoms with Crippen molar-refractivity contribution in [3.63, 3.8) is 0 Å². The Morgan fingerprint density at radius 2 is 1.80 bits per heavy atom. The Morgan fingerprint density at radius 1 is 1.08 bits per heavy atom. The van der Waals surface area contributed by atoms with Crippen molar-refractivity contribution in [3.8, 4) is 5.75 Å². The fourth-order valence-corrected chi connectivity index (χ4v) is 3.00. The monoisotopic (exact) mass is 339 g/mol. The van der Waals surface area contributed by atoms with Gasteiger partial charge in [-0.15, -0.1) is 0 Å². The van der Waals surface area contributed by atoms with E-state index in [1.807, 2.05) is 25.1 Å². The minimum absolute atomic E-state index is 0.0133. The van der Waals surface area contributed by atoms with Crippen molar-refractivity contribution >= 4 is 5.91 Å². The van der Waals surface area contributed by atoms with Gasteiger partial charge >= 0.3 is 0 Å². The number of ether oxygens (including phenoxy) is 1. The van der Waals surface area contributed by atoms with Gasteiger partial charge in [0, 0.05) is 0 Å². The molecular weight excluding hydrogens is 310 g/mol. The highest BCUT2D eigenvalue weighted by atomic mass is 16.5. The first kappa shape index (κ1) is 19.0. The normalized spacial score (nSPS) is 12.1. The Morgan fingerprint density at radius 3 is 2.44 bits per heavy atom. The highest BCUT2D eigenvalue weighted by molar-refractivity contribution is 5.78. The average molecular weight is 339 g/mol. The highest BCUT2D eigenvalue weighted by Gasteiger charge is 2.16. The quantitative estimate of drug-likeness (QED) is 0.764. The molecule has 0 fully saturated rings. The van der Waals surface area contributed by atoms with Crippen LogP contribution >= 0.6 is 0 Å². The Labute approximate surface area is 151 Å². The van der Waals surface area contributed by atoms with Crippen molar-refractivity contribution in [2.24, 2.45) is 0 Å². The van der Waals surface area contributed by atoms with Gasteiger partial charge in [0.2, 0.25) is 0 Å². The van der Waals surface area contributed by atoms with E-state index >= 15 is 0 Å². The molecule has 0 heterocycles. The molecule has 2 rings (SSSR count). The summed E-state index contributed by atoms with van der Waals surface area (Å²) in [6.07, 6.45) is 0.846. The van der Waals surface area contributed by atoms with Gasteiger partial charge in [0.15, 0.2) is 6.61 Å². The maximum atomic E-state index is 12.4. The van der Waals surface area contributed by atoms with Crippen LogP contribution in [0.2, 0.25) is 0 Å². The molecule has 0 aliphatic heterocycles. The first-order valence-corrected chi connectivity index (χ1v) is 9.00. The van der Waals surface area contributed by atoms with Crippen LogP contribution in [0.4, 0.5) is 0 Å². The van der Waals surface area contributed by atoms with E-state index in [1.165, 1.54) is 5.56 Å². The predicted molar refractivity (Wildman–Crippen MR) is 103 cm³/mol. The molecule has 2 aromatic carbocycles. The zero-order valence-corrected chi connectivity index (χ0v) is 15.9. The number of nitrogens with one attached hydrogen (secondary N) is 1. The molecule has 134 valence electrons. The van der Waals surface area contributed by atoms with E-state index in [4.69, 9.17) is 4.74 Å². The van der Waals surface area contributed by atoms with Gasteiger partial charge in [0.1, 0.15) is 5.75 Å². The number of rotatable bonds is 7. The second-order valence-corrected chi connectivity index (χ2v) is 6.87. The van der Waals surface area contributed by atoms with Crippen LogP contribution in [0.1, 0.15) is 61.4 Å². The molecule has 3 nitrogen and oxygen atoms in total. The summed E-state index contributed by atoms with van der Waals surface area (Å²) in [7, 11) is 0. The van der Waals surface area contributed by atoms with Gasteiger partial charge in [-0.2, -0.15) is 0 Å². The summed E-state index contributed by atoms with van der Waals surface area (Å²) in [5.41, 5.74) is 4.61. The van der Waals surface area contributed by atoms with Gasteiger partial charge < -0.3 is 10.1 Å². The first-order chi connectivity index (χ1) is 11.9. The van der Waals surface area contributed by atoms with Gasteiger partial charge in [-0.25, -0.2) is 0 Å². The molecule has 0 radical (unpaired) electrons.